The van der Waals surface area contributed by atoms with Crippen LogP contribution in [0.15, 0.2) is 17.5 Å². The Kier molecular flexibility index (Phi) is 4.74. The Morgan fingerprint density at radius 2 is 2.56 bits per heavy atom. The van der Waals surface area contributed by atoms with Gasteiger partial charge >= 0.3 is 5.97 Å². The highest BCUT2D eigenvalue weighted by Crippen LogP contribution is 2.29. The molecule has 2 unspecified atom stereocenters. The van der Waals surface area contributed by atoms with Crippen LogP contribution >= 0.6 is 11.3 Å². The van der Waals surface area contributed by atoms with Crippen LogP contribution in [-0.2, 0) is 9.53 Å². The van der Waals surface area contributed by atoms with E-state index in [1.807, 2.05) is 0 Å². The monoisotopic (exact) mass is 269 g/mol. The molecule has 0 aromatic carbocycles. The van der Waals surface area contributed by atoms with E-state index in [4.69, 9.17) is 9.84 Å². The van der Waals surface area contributed by atoms with Gasteiger partial charge in [0.2, 0.25) is 0 Å². The summed E-state index contributed by atoms with van der Waals surface area (Å²) in [7, 11) is 0. The molecule has 2 heterocycles. The van der Waals surface area contributed by atoms with E-state index in [-0.39, 0.29) is 12.5 Å². The van der Waals surface area contributed by atoms with Gasteiger partial charge in [0.1, 0.15) is 0 Å². The normalized spacial score (nSPS) is 22.8. The van der Waals surface area contributed by atoms with Gasteiger partial charge in [-0.2, -0.15) is 0 Å². The summed E-state index contributed by atoms with van der Waals surface area (Å²) in [6.07, 6.45) is 0.961. The molecule has 4 nitrogen and oxygen atoms in total. The SMILES string of the molecule is CCC(c1cccs1)N1CCOC(CC(=O)O)C1. The third-order valence-corrected chi connectivity index (χ3v) is 4.25. The first kappa shape index (κ1) is 13.5. The second-order valence-electron chi connectivity index (χ2n) is 4.53. The number of thiophene rings is 1. The van der Waals surface area contributed by atoms with Crippen molar-refractivity contribution >= 4 is 17.3 Å². The Bertz CT molecular complexity index is 380. The number of aliphatic carboxylic acids is 1. The second-order valence-corrected chi connectivity index (χ2v) is 5.50. The first-order valence-electron chi connectivity index (χ1n) is 6.31. The molecule has 1 aromatic rings. The zero-order chi connectivity index (χ0) is 13.0. The van der Waals surface area contributed by atoms with E-state index < -0.39 is 5.97 Å². The summed E-state index contributed by atoms with van der Waals surface area (Å²) in [6, 6.07) is 4.61. The van der Waals surface area contributed by atoms with Gasteiger partial charge in [0.25, 0.3) is 0 Å². The molecule has 1 aliphatic rings. The average molecular weight is 269 g/mol. The molecule has 0 radical (unpaired) electrons. The first-order valence-corrected chi connectivity index (χ1v) is 7.19. The maximum atomic E-state index is 10.7. The van der Waals surface area contributed by atoms with E-state index in [0.717, 1.165) is 13.0 Å². The third-order valence-electron chi connectivity index (χ3n) is 3.27. The molecule has 18 heavy (non-hydrogen) atoms. The Morgan fingerprint density at radius 3 is 3.17 bits per heavy atom. The number of hydrogen-bond donors (Lipinski definition) is 1. The fourth-order valence-electron chi connectivity index (χ4n) is 2.46. The van der Waals surface area contributed by atoms with E-state index >= 15 is 0 Å². The molecule has 0 bridgehead atoms. The van der Waals surface area contributed by atoms with Crippen molar-refractivity contribution in [3.05, 3.63) is 22.4 Å². The highest BCUT2D eigenvalue weighted by molar-refractivity contribution is 7.10. The molecule has 2 rings (SSSR count). The van der Waals surface area contributed by atoms with Gasteiger partial charge in [0.05, 0.1) is 19.1 Å². The fraction of sp³-hybridized carbons (Fsp3) is 0.615. The number of ether oxygens (including phenoxy) is 1. The van der Waals surface area contributed by atoms with Crippen LogP contribution in [0.1, 0.15) is 30.7 Å². The Labute approximate surface area is 111 Å². The van der Waals surface area contributed by atoms with Crippen molar-refractivity contribution in [2.24, 2.45) is 0 Å². The Hall–Kier alpha value is -0.910. The van der Waals surface area contributed by atoms with E-state index in [1.165, 1.54) is 4.88 Å². The molecule has 1 aromatic heterocycles. The van der Waals surface area contributed by atoms with Gasteiger partial charge in [0.15, 0.2) is 0 Å². The topological polar surface area (TPSA) is 49.8 Å². The third kappa shape index (κ3) is 3.31. The van der Waals surface area contributed by atoms with Crippen LogP contribution in [0.3, 0.4) is 0 Å². The molecule has 0 saturated carbocycles. The Balaban J connectivity index is 2.00. The minimum Gasteiger partial charge on any atom is -0.481 e. The molecular weight excluding hydrogens is 250 g/mol. The number of rotatable bonds is 5. The average Bonchev–Trinajstić information content (AvgIpc) is 2.83. The number of carboxylic acid groups (broad SMARTS) is 1. The maximum Gasteiger partial charge on any atom is 0.306 e. The van der Waals surface area contributed by atoms with Crippen LogP contribution in [-0.4, -0.2) is 41.8 Å². The molecule has 1 saturated heterocycles. The smallest absolute Gasteiger partial charge is 0.306 e. The molecule has 0 aliphatic carbocycles. The van der Waals surface area contributed by atoms with E-state index in [1.54, 1.807) is 11.3 Å². The van der Waals surface area contributed by atoms with Crippen molar-refractivity contribution in [3.8, 4) is 0 Å². The maximum absolute atomic E-state index is 10.7. The summed E-state index contributed by atoms with van der Waals surface area (Å²) in [5.74, 6) is -0.786. The lowest BCUT2D eigenvalue weighted by Gasteiger charge is -2.37. The standard InChI is InChI=1S/C13H19NO3S/c1-2-11(12-4-3-7-18-12)14-5-6-17-10(9-14)8-13(15)16/h3-4,7,10-11H,2,5-6,8-9H2,1H3,(H,15,16). The zero-order valence-electron chi connectivity index (χ0n) is 10.5. The highest BCUT2D eigenvalue weighted by Gasteiger charge is 2.28. The molecule has 5 heteroatoms. The summed E-state index contributed by atoms with van der Waals surface area (Å²) in [5, 5.41) is 10.9. The van der Waals surface area contributed by atoms with Crippen molar-refractivity contribution in [2.45, 2.75) is 31.9 Å². The van der Waals surface area contributed by atoms with Crippen molar-refractivity contribution < 1.29 is 14.6 Å². The van der Waals surface area contributed by atoms with Gasteiger partial charge in [-0.1, -0.05) is 13.0 Å². The number of carbonyl (C=O) groups is 1. The largest absolute Gasteiger partial charge is 0.481 e. The number of carboxylic acids is 1. The van der Waals surface area contributed by atoms with Gasteiger partial charge in [-0.3, -0.25) is 9.69 Å². The summed E-state index contributed by atoms with van der Waals surface area (Å²) < 4.78 is 5.51. The fourth-order valence-corrected chi connectivity index (χ4v) is 3.41. The van der Waals surface area contributed by atoms with Gasteiger partial charge in [-0.15, -0.1) is 11.3 Å². The van der Waals surface area contributed by atoms with Gasteiger partial charge < -0.3 is 9.84 Å². The van der Waals surface area contributed by atoms with Crippen molar-refractivity contribution in [1.82, 2.24) is 4.90 Å². The molecule has 0 spiro atoms. The predicted octanol–water partition coefficient (Wildman–Crippen LogP) is 2.37. The number of nitrogens with zero attached hydrogens (tertiary/aromatic N) is 1. The van der Waals surface area contributed by atoms with Crippen molar-refractivity contribution in [3.63, 3.8) is 0 Å². The van der Waals surface area contributed by atoms with Crippen LogP contribution in [0.4, 0.5) is 0 Å². The molecule has 1 N–H and O–H groups in total. The summed E-state index contributed by atoms with van der Waals surface area (Å²) in [6.45, 7) is 4.39. The van der Waals surface area contributed by atoms with E-state index in [2.05, 4.69) is 29.3 Å². The van der Waals surface area contributed by atoms with Gasteiger partial charge in [-0.05, 0) is 17.9 Å². The Morgan fingerprint density at radius 1 is 1.72 bits per heavy atom. The highest BCUT2D eigenvalue weighted by atomic mass is 32.1. The van der Waals surface area contributed by atoms with E-state index in [9.17, 15) is 4.79 Å². The molecule has 2 atom stereocenters. The molecule has 0 amide bonds. The number of hydrogen-bond acceptors (Lipinski definition) is 4. The zero-order valence-corrected chi connectivity index (χ0v) is 11.4. The van der Waals surface area contributed by atoms with Crippen molar-refractivity contribution in [1.29, 1.82) is 0 Å². The van der Waals surface area contributed by atoms with Gasteiger partial charge in [-0.25, -0.2) is 0 Å². The van der Waals surface area contributed by atoms with Crippen LogP contribution in [0.25, 0.3) is 0 Å². The summed E-state index contributed by atoms with van der Waals surface area (Å²) in [4.78, 5) is 14.5. The number of morpholine rings is 1. The lowest BCUT2D eigenvalue weighted by Crippen LogP contribution is -2.44. The van der Waals surface area contributed by atoms with Crippen LogP contribution < -0.4 is 0 Å². The van der Waals surface area contributed by atoms with Crippen LogP contribution in [0.5, 0.6) is 0 Å². The molecular formula is C13H19NO3S. The minimum atomic E-state index is -0.786. The second kappa shape index (κ2) is 6.31. The van der Waals surface area contributed by atoms with Gasteiger partial charge in [0, 0.05) is 24.0 Å². The molecule has 1 fully saturated rings. The predicted molar refractivity (Wildman–Crippen MR) is 70.9 cm³/mol. The van der Waals surface area contributed by atoms with Crippen LogP contribution in [0.2, 0.25) is 0 Å². The molecule has 1 aliphatic heterocycles. The van der Waals surface area contributed by atoms with Crippen LogP contribution in [0, 0.1) is 0 Å². The molecule has 100 valence electrons. The summed E-state index contributed by atoms with van der Waals surface area (Å²) >= 11 is 1.77. The summed E-state index contributed by atoms with van der Waals surface area (Å²) in [5.41, 5.74) is 0. The lowest BCUT2D eigenvalue weighted by atomic mass is 10.1. The van der Waals surface area contributed by atoms with Crippen molar-refractivity contribution in [2.75, 3.05) is 19.7 Å². The first-order chi connectivity index (χ1) is 8.70. The lowest BCUT2D eigenvalue weighted by molar-refractivity contribution is -0.142. The minimum absolute atomic E-state index is 0.0946. The van der Waals surface area contributed by atoms with E-state index in [0.29, 0.717) is 19.2 Å². The quantitative estimate of drug-likeness (QED) is 0.891.